The topological polar surface area (TPSA) is 59.6 Å². The van der Waals surface area contributed by atoms with Crippen molar-refractivity contribution in [2.24, 2.45) is 0 Å². The maximum atomic E-state index is 12.5. The van der Waals surface area contributed by atoms with E-state index >= 15 is 0 Å². The van der Waals surface area contributed by atoms with Crippen molar-refractivity contribution in [3.63, 3.8) is 0 Å². The summed E-state index contributed by atoms with van der Waals surface area (Å²) in [6.45, 7) is 5.08. The van der Waals surface area contributed by atoms with Crippen molar-refractivity contribution >= 4 is 17.3 Å². The maximum absolute atomic E-state index is 12.5. The van der Waals surface area contributed by atoms with Gasteiger partial charge in [0.05, 0.1) is 12.2 Å². The summed E-state index contributed by atoms with van der Waals surface area (Å²) >= 11 is 0. The van der Waals surface area contributed by atoms with E-state index in [2.05, 4.69) is 17.6 Å². The van der Waals surface area contributed by atoms with E-state index in [4.69, 9.17) is 9.47 Å². The Bertz CT molecular complexity index is 958. The van der Waals surface area contributed by atoms with Crippen LogP contribution in [0, 0.1) is 6.92 Å². The van der Waals surface area contributed by atoms with Gasteiger partial charge < -0.3 is 20.1 Å². The van der Waals surface area contributed by atoms with E-state index in [0.29, 0.717) is 19.0 Å². The molecular formula is C25H28N2O3. The van der Waals surface area contributed by atoms with E-state index in [1.165, 1.54) is 0 Å². The lowest BCUT2D eigenvalue weighted by Crippen LogP contribution is -2.23. The summed E-state index contributed by atoms with van der Waals surface area (Å²) in [4.78, 5) is 12.5. The molecule has 3 aromatic rings. The Balaban J connectivity index is 1.51. The van der Waals surface area contributed by atoms with E-state index in [1.54, 1.807) is 0 Å². The molecule has 0 saturated heterocycles. The number of ether oxygens (including phenoxy) is 2. The van der Waals surface area contributed by atoms with Crippen LogP contribution in [0.5, 0.6) is 11.5 Å². The summed E-state index contributed by atoms with van der Waals surface area (Å²) in [5.41, 5.74) is 3.86. The molecule has 0 heterocycles. The van der Waals surface area contributed by atoms with Crippen molar-refractivity contribution in [1.29, 1.82) is 0 Å². The van der Waals surface area contributed by atoms with Crippen LogP contribution in [0.2, 0.25) is 0 Å². The molecule has 156 valence electrons. The smallest absolute Gasteiger partial charge is 0.243 e. The van der Waals surface area contributed by atoms with E-state index in [9.17, 15) is 4.79 Å². The minimum absolute atomic E-state index is 0.0961. The number of aryl methyl sites for hydroxylation is 2. The van der Waals surface area contributed by atoms with Crippen LogP contribution in [0.15, 0.2) is 72.8 Å². The molecule has 0 bridgehead atoms. The summed E-state index contributed by atoms with van der Waals surface area (Å²) in [5.74, 6) is 1.40. The van der Waals surface area contributed by atoms with Crippen LogP contribution in [0.4, 0.5) is 11.4 Å². The van der Waals surface area contributed by atoms with Gasteiger partial charge in [-0.1, -0.05) is 55.5 Å². The Morgan fingerprint density at radius 1 is 0.867 bits per heavy atom. The minimum Gasteiger partial charge on any atom is -0.490 e. The lowest BCUT2D eigenvalue weighted by atomic mass is 10.1. The van der Waals surface area contributed by atoms with Crippen molar-refractivity contribution in [1.82, 2.24) is 0 Å². The Morgan fingerprint density at radius 2 is 1.60 bits per heavy atom. The Hall–Kier alpha value is -3.47. The zero-order valence-corrected chi connectivity index (χ0v) is 17.5. The van der Waals surface area contributed by atoms with Crippen LogP contribution < -0.4 is 20.1 Å². The number of hydrogen-bond donors (Lipinski definition) is 2. The summed E-state index contributed by atoms with van der Waals surface area (Å²) in [6, 6.07) is 23.3. The predicted molar refractivity (Wildman–Crippen MR) is 122 cm³/mol. The third-order valence-corrected chi connectivity index (χ3v) is 4.68. The minimum atomic E-state index is -0.0961. The third kappa shape index (κ3) is 6.01. The monoisotopic (exact) mass is 404 g/mol. The molecule has 3 aromatic carbocycles. The van der Waals surface area contributed by atoms with Crippen LogP contribution >= 0.6 is 0 Å². The molecule has 0 fully saturated rings. The molecule has 30 heavy (non-hydrogen) atoms. The normalized spacial score (nSPS) is 10.3. The second-order valence-electron chi connectivity index (χ2n) is 6.87. The van der Waals surface area contributed by atoms with E-state index in [1.807, 2.05) is 79.7 Å². The first kappa shape index (κ1) is 21.2. The highest BCUT2D eigenvalue weighted by molar-refractivity contribution is 5.95. The molecule has 0 aliphatic carbocycles. The summed E-state index contributed by atoms with van der Waals surface area (Å²) in [6.07, 6.45) is 0.868. The Kier molecular flexibility index (Phi) is 7.72. The first-order valence-electron chi connectivity index (χ1n) is 10.2. The number of benzene rings is 3. The third-order valence-electron chi connectivity index (χ3n) is 4.68. The van der Waals surface area contributed by atoms with Crippen molar-refractivity contribution in [3.8, 4) is 11.5 Å². The van der Waals surface area contributed by atoms with E-state index in [0.717, 1.165) is 34.7 Å². The molecule has 3 rings (SSSR count). The van der Waals surface area contributed by atoms with Gasteiger partial charge in [0, 0.05) is 5.69 Å². The molecule has 0 spiro atoms. The summed E-state index contributed by atoms with van der Waals surface area (Å²) in [7, 11) is 0. The Morgan fingerprint density at radius 3 is 2.40 bits per heavy atom. The molecule has 5 nitrogen and oxygen atoms in total. The number of carbonyl (C=O) groups is 1. The van der Waals surface area contributed by atoms with Gasteiger partial charge in [-0.15, -0.1) is 0 Å². The van der Waals surface area contributed by atoms with Gasteiger partial charge in [-0.05, 0) is 48.7 Å². The Labute approximate surface area is 178 Å². The van der Waals surface area contributed by atoms with Gasteiger partial charge in [0.2, 0.25) is 5.91 Å². The van der Waals surface area contributed by atoms with Gasteiger partial charge in [-0.3, -0.25) is 4.79 Å². The van der Waals surface area contributed by atoms with Crippen molar-refractivity contribution in [3.05, 3.63) is 83.9 Å². The van der Waals surface area contributed by atoms with Crippen LogP contribution in [-0.4, -0.2) is 25.7 Å². The molecule has 0 atom stereocenters. The van der Waals surface area contributed by atoms with Crippen molar-refractivity contribution < 1.29 is 14.3 Å². The molecule has 0 aromatic heterocycles. The summed E-state index contributed by atoms with van der Waals surface area (Å²) in [5, 5.41) is 6.20. The molecule has 0 radical (unpaired) electrons. The molecular weight excluding hydrogens is 376 g/mol. The summed E-state index contributed by atoms with van der Waals surface area (Å²) < 4.78 is 11.5. The fourth-order valence-electron chi connectivity index (χ4n) is 3.13. The maximum Gasteiger partial charge on any atom is 0.243 e. The van der Waals surface area contributed by atoms with Crippen LogP contribution in [0.25, 0.3) is 0 Å². The average molecular weight is 405 g/mol. The molecule has 0 aliphatic rings. The number of anilines is 2. The molecule has 0 saturated carbocycles. The highest BCUT2D eigenvalue weighted by Crippen LogP contribution is 2.24. The van der Waals surface area contributed by atoms with Gasteiger partial charge in [0.1, 0.15) is 24.7 Å². The highest BCUT2D eigenvalue weighted by atomic mass is 16.5. The van der Waals surface area contributed by atoms with Crippen LogP contribution in [-0.2, 0) is 11.2 Å². The number of hydrogen-bond acceptors (Lipinski definition) is 4. The first-order chi connectivity index (χ1) is 14.7. The first-order valence-corrected chi connectivity index (χ1v) is 10.2. The number of rotatable bonds is 10. The van der Waals surface area contributed by atoms with Crippen LogP contribution in [0.1, 0.15) is 18.1 Å². The molecule has 0 aliphatic heterocycles. The fourth-order valence-corrected chi connectivity index (χ4v) is 3.13. The second kappa shape index (κ2) is 10.9. The molecule has 2 N–H and O–H groups in total. The van der Waals surface area contributed by atoms with Crippen molar-refractivity contribution in [2.75, 3.05) is 30.4 Å². The van der Waals surface area contributed by atoms with Crippen molar-refractivity contribution in [2.45, 2.75) is 20.3 Å². The van der Waals surface area contributed by atoms with Gasteiger partial charge in [-0.2, -0.15) is 0 Å². The largest absolute Gasteiger partial charge is 0.490 e. The lowest BCUT2D eigenvalue weighted by molar-refractivity contribution is -0.114. The molecule has 5 heteroatoms. The zero-order valence-electron chi connectivity index (χ0n) is 17.5. The molecule has 0 unspecified atom stereocenters. The number of carbonyl (C=O) groups excluding carboxylic acids is 1. The lowest BCUT2D eigenvalue weighted by Gasteiger charge is -2.15. The second-order valence-corrected chi connectivity index (χ2v) is 6.87. The number of nitrogens with one attached hydrogen (secondary N) is 2. The van der Waals surface area contributed by atoms with Gasteiger partial charge in [0.15, 0.2) is 0 Å². The quantitative estimate of drug-likeness (QED) is 0.464. The SMILES string of the molecule is CCc1cccc(C)c1NC(=O)CNc1ccccc1OCCOc1ccccc1. The van der Waals surface area contributed by atoms with Gasteiger partial charge in [0.25, 0.3) is 0 Å². The fraction of sp³-hybridized carbons (Fsp3) is 0.240. The van der Waals surface area contributed by atoms with E-state index < -0.39 is 0 Å². The number of amides is 1. The predicted octanol–water partition coefficient (Wildman–Crippen LogP) is 5.07. The van der Waals surface area contributed by atoms with E-state index in [-0.39, 0.29) is 12.5 Å². The van der Waals surface area contributed by atoms with Crippen LogP contribution in [0.3, 0.4) is 0 Å². The van der Waals surface area contributed by atoms with Gasteiger partial charge in [-0.25, -0.2) is 0 Å². The van der Waals surface area contributed by atoms with Gasteiger partial charge >= 0.3 is 0 Å². The number of para-hydroxylation sites is 4. The molecule has 1 amide bonds. The average Bonchev–Trinajstić information content (AvgIpc) is 2.78. The zero-order chi connectivity index (χ0) is 21.2. The highest BCUT2D eigenvalue weighted by Gasteiger charge is 2.10. The standard InChI is InChI=1S/C25H28N2O3/c1-3-20-11-9-10-19(2)25(20)27-24(28)18-26-22-14-7-8-15-23(22)30-17-16-29-21-12-5-4-6-13-21/h4-15,26H,3,16-18H2,1-2H3,(H,27,28).